The van der Waals surface area contributed by atoms with Crippen LogP contribution in [-0.4, -0.2) is 41.6 Å². The van der Waals surface area contributed by atoms with E-state index in [0.29, 0.717) is 18.8 Å². The Morgan fingerprint density at radius 2 is 2.38 bits per heavy atom. The minimum absolute atomic E-state index is 0.00380. The van der Waals surface area contributed by atoms with Crippen molar-refractivity contribution in [2.24, 2.45) is 11.8 Å². The van der Waals surface area contributed by atoms with Crippen molar-refractivity contribution in [3.8, 4) is 0 Å². The molecule has 1 saturated carbocycles. The lowest BCUT2D eigenvalue weighted by atomic mass is 9.98. The van der Waals surface area contributed by atoms with Gasteiger partial charge in [-0.1, -0.05) is 0 Å². The first-order valence-corrected chi connectivity index (χ1v) is 6.65. The molecule has 0 aromatic heterocycles. The molecule has 4 nitrogen and oxygen atoms in total. The number of ketones is 1. The maximum atomic E-state index is 11.6. The van der Waals surface area contributed by atoms with E-state index in [4.69, 9.17) is 9.84 Å². The van der Waals surface area contributed by atoms with Crippen LogP contribution in [0.4, 0.5) is 0 Å². The first-order chi connectivity index (χ1) is 7.65. The number of hydrogen-bond donors (Lipinski definition) is 1. The summed E-state index contributed by atoms with van der Waals surface area (Å²) in [5.74, 6) is 1.53. The lowest BCUT2D eigenvalue weighted by molar-refractivity contribution is -0.143. The molecule has 0 saturated heterocycles. The van der Waals surface area contributed by atoms with Crippen LogP contribution in [0.15, 0.2) is 0 Å². The molecule has 0 unspecified atom stereocenters. The van der Waals surface area contributed by atoms with Crippen molar-refractivity contribution in [3.63, 3.8) is 0 Å². The number of aliphatic hydroxyl groups is 1. The van der Waals surface area contributed by atoms with Crippen molar-refractivity contribution in [3.05, 3.63) is 0 Å². The van der Waals surface area contributed by atoms with Gasteiger partial charge in [0.25, 0.3) is 0 Å². The zero-order valence-electron chi connectivity index (χ0n) is 9.48. The van der Waals surface area contributed by atoms with Crippen molar-refractivity contribution < 1.29 is 19.4 Å². The van der Waals surface area contributed by atoms with Gasteiger partial charge in [0, 0.05) is 36.7 Å². The van der Waals surface area contributed by atoms with E-state index in [0.717, 1.165) is 12.2 Å². The third kappa shape index (κ3) is 4.14. The number of rotatable bonds is 6. The predicted octanol–water partition coefficient (Wildman–Crippen LogP) is 0.870. The molecule has 0 radical (unpaired) electrons. The predicted molar refractivity (Wildman–Crippen MR) is 62.3 cm³/mol. The number of esters is 1. The summed E-state index contributed by atoms with van der Waals surface area (Å²) in [5, 5.41) is 8.67. The molecule has 16 heavy (non-hydrogen) atoms. The van der Waals surface area contributed by atoms with Crippen molar-refractivity contribution in [1.29, 1.82) is 0 Å². The molecular formula is C11H18O4S. The molecule has 1 aliphatic rings. The normalized spacial score (nSPS) is 24.8. The molecule has 0 aliphatic heterocycles. The lowest BCUT2D eigenvalue weighted by Gasteiger charge is -2.17. The summed E-state index contributed by atoms with van der Waals surface area (Å²) in [5.41, 5.74) is 0. The van der Waals surface area contributed by atoms with Crippen LogP contribution in [0.1, 0.15) is 19.8 Å². The summed E-state index contributed by atoms with van der Waals surface area (Å²) in [4.78, 5) is 22.3. The van der Waals surface area contributed by atoms with Crippen LogP contribution in [0.3, 0.4) is 0 Å². The largest absolute Gasteiger partial charge is 0.466 e. The molecule has 1 aliphatic carbocycles. The highest BCUT2D eigenvalue weighted by Crippen LogP contribution is 2.31. The molecule has 1 rings (SSSR count). The number of hydrogen-bond acceptors (Lipinski definition) is 5. The van der Waals surface area contributed by atoms with E-state index in [1.807, 2.05) is 0 Å². The Morgan fingerprint density at radius 3 is 3.00 bits per heavy atom. The molecule has 0 amide bonds. The van der Waals surface area contributed by atoms with Gasteiger partial charge in [-0.15, -0.1) is 0 Å². The average Bonchev–Trinajstić information content (AvgIpc) is 2.58. The number of carbonyl (C=O) groups excluding carboxylic acids is 2. The second kappa shape index (κ2) is 6.91. The Hall–Kier alpha value is -0.550. The van der Waals surface area contributed by atoms with Gasteiger partial charge in [0.1, 0.15) is 5.78 Å². The van der Waals surface area contributed by atoms with E-state index in [9.17, 15) is 9.59 Å². The molecule has 1 fully saturated rings. The van der Waals surface area contributed by atoms with Gasteiger partial charge in [-0.05, 0) is 6.42 Å². The summed E-state index contributed by atoms with van der Waals surface area (Å²) in [7, 11) is 0. The molecular weight excluding hydrogens is 228 g/mol. The van der Waals surface area contributed by atoms with E-state index >= 15 is 0 Å². The van der Waals surface area contributed by atoms with E-state index < -0.39 is 0 Å². The molecule has 92 valence electrons. The second-order valence-electron chi connectivity index (χ2n) is 3.97. The highest BCUT2D eigenvalue weighted by atomic mass is 32.2. The topological polar surface area (TPSA) is 63.6 Å². The van der Waals surface area contributed by atoms with Crippen LogP contribution >= 0.6 is 11.8 Å². The second-order valence-corrected chi connectivity index (χ2v) is 5.12. The highest BCUT2D eigenvalue weighted by molar-refractivity contribution is 7.99. The van der Waals surface area contributed by atoms with Crippen LogP contribution < -0.4 is 0 Å². The summed E-state index contributed by atoms with van der Waals surface area (Å²) in [6.07, 6.45) is 1.41. The molecule has 0 spiro atoms. The van der Waals surface area contributed by atoms with E-state index in [1.165, 1.54) is 6.92 Å². The standard InChI is InChI=1S/C11H18O4S/c1-8(13)15-6-9-2-3-11(14)10(9)7-16-5-4-12/h9-10,12H,2-7H2,1H3/t9-,10-/m0/s1. The van der Waals surface area contributed by atoms with Gasteiger partial charge in [-0.2, -0.15) is 11.8 Å². The molecule has 0 aromatic rings. The van der Waals surface area contributed by atoms with Crippen molar-refractivity contribution in [1.82, 2.24) is 0 Å². The van der Waals surface area contributed by atoms with Gasteiger partial charge < -0.3 is 9.84 Å². The van der Waals surface area contributed by atoms with Crippen LogP contribution in [-0.2, 0) is 14.3 Å². The average molecular weight is 246 g/mol. The lowest BCUT2D eigenvalue weighted by Crippen LogP contribution is -2.22. The zero-order valence-corrected chi connectivity index (χ0v) is 10.3. The van der Waals surface area contributed by atoms with Gasteiger partial charge in [0.15, 0.2) is 0 Å². The maximum absolute atomic E-state index is 11.6. The monoisotopic (exact) mass is 246 g/mol. The number of Topliss-reactive ketones (excluding diaryl/α,β-unsaturated/α-hetero) is 1. The van der Waals surface area contributed by atoms with Crippen LogP contribution in [0.25, 0.3) is 0 Å². The molecule has 0 heterocycles. The minimum atomic E-state index is -0.291. The summed E-state index contributed by atoms with van der Waals surface area (Å²) in [6.45, 7) is 1.87. The Labute approximate surface area is 99.7 Å². The first-order valence-electron chi connectivity index (χ1n) is 5.49. The summed E-state index contributed by atoms with van der Waals surface area (Å²) in [6, 6.07) is 0. The van der Waals surface area contributed by atoms with Crippen LogP contribution in [0.2, 0.25) is 0 Å². The van der Waals surface area contributed by atoms with Crippen LogP contribution in [0.5, 0.6) is 0 Å². The van der Waals surface area contributed by atoms with Crippen LogP contribution in [0, 0.1) is 11.8 Å². The molecule has 0 bridgehead atoms. The zero-order chi connectivity index (χ0) is 12.0. The first kappa shape index (κ1) is 13.5. The van der Waals surface area contributed by atoms with Crippen molar-refractivity contribution in [2.75, 3.05) is 24.7 Å². The van der Waals surface area contributed by atoms with Gasteiger partial charge in [0.05, 0.1) is 13.2 Å². The number of ether oxygens (including phenoxy) is 1. The van der Waals surface area contributed by atoms with Gasteiger partial charge >= 0.3 is 5.97 Å². The maximum Gasteiger partial charge on any atom is 0.302 e. The Morgan fingerprint density at radius 1 is 1.62 bits per heavy atom. The van der Waals surface area contributed by atoms with Crippen molar-refractivity contribution >= 4 is 23.5 Å². The fraction of sp³-hybridized carbons (Fsp3) is 0.818. The van der Waals surface area contributed by atoms with Gasteiger partial charge in [0.2, 0.25) is 0 Å². The summed E-state index contributed by atoms with van der Waals surface area (Å²) < 4.78 is 4.96. The smallest absolute Gasteiger partial charge is 0.302 e. The molecule has 0 aromatic carbocycles. The Bertz CT molecular complexity index is 254. The molecule has 1 N–H and O–H groups in total. The van der Waals surface area contributed by atoms with Gasteiger partial charge in [-0.3, -0.25) is 9.59 Å². The Kier molecular flexibility index (Phi) is 5.84. The molecule has 5 heteroatoms. The third-order valence-electron chi connectivity index (χ3n) is 2.78. The highest BCUT2D eigenvalue weighted by Gasteiger charge is 2.34. The van der Waals surface area contributed by atoms with E-state index in [-0.39, 0.29) is 30.2 Å². The quantitative estimate of drug-likeness (QED) is 0.556. The van der Waals surface area contributed by atoms with E-state index in [1.54, 1.807) is 11.8 Å². The number of thioether (sulfide) groups is 1. The van der Waals surface area contributed by atoms with E-state index in [2.05, 4.69) is 0 Å². The number of aliphatic hydroxyl groups excluding tert-OH is 1. The molecule has 2 atom stereocenters. The third-order valence-corrected chi connectivity index (χ3v) is 3.84. The Balaban J connectivity index is 2.36. The fourth-order valence-electron chi connectivity index (χ4n) is 1.90. The minimum Gasteiger partial charge on any atom is -0.466 e. The summed E-state index contributed by atoms with van der Waals surface area (Å²) >= 11 is 1.58. The number of carbonyl (C=O) groups is 2. The SMILES string of the molecule is CC(=O)OC[C@@H]1CCC(=O)[C@H]1CSCCO. The fourth-order valence-corrected chi connectivity index (χ4v) is 2.91. The van der Waals surface area contributed by atoms with Gasteiger partial charge in [-0.25, -0.2) is 0 Å². The van der Waals surface area contributed by atoms with Crippen molar-refractivity contribution in [2.45, 2.75) is 19.8 Å².